The van der Waals surface area contributed by atoms with Crippen molar-refractivity contribution in [1.29, 1.82) is 5.26 Å². The minimum Gasteiger partial charge on any atom is -0.400 e. The van der Waals surface area contributed by atoms with E-state index in [4.69, 9.17) is 15.1 Å². The average molecular weight is 425 g/mol. The number of methoxy groups -OCH3 is 1. The van der Waals surface area contributed by atoms with E-state index in [1.807, 2.05) is 18.2 Å². The molecule has 1 aliphatic carbocycles. The van der Waals surface area contributed by atoms with Crippen LogP contribution in [-0.4, -0.2) is 41.8 Å². The second-order valence-electron chi connectivity index (χ2n) is 8.29. The highest BCUT2D eigenvalue weighted by molar-refractivity contribution is 6.03. The maximum atomic E-state index is 12.6. The third kappa shape index (κ3) is 6.78. The highest BCUT2D eigenvalue weighted by Gasteiger charge is 2.24. The smallest absolute Gasteiger partial charge is 0.291 e. The molecule has 1 heterocycles. The number of ether oxygens (including phenoxy) is 1. The van der Waals surface area contributed by atoms with Gasteiger partial charge in [-0.05, 0) is 60.8 Å². The molecule has 1 amide bonds. The maximum absolute atomic E-state index is 12.6. The van der Waals surface area contributed by atoms with Gasteiger partial charge in [0.25, 0.3) is 5.91 Å². The molecule has 1 aromatic carbocycles. The van der Waals surface area contributed by atoms with E-state index in [1.54, 1.807) is 7.11 Å². The predicted molar refractivity (Wildman–Crippen MR) is 122 cm³/mol. The Hall–Kier alpha value is -2.95. The highest BCUT2D eigenvalue weighted by atomic mass is 16.5. The second-order valence-corrected chi connectivity index (χ2v) is 8.29. The quantitative estimate of drug-likeness (QED) is 0.573. The molecule has 3 N–H and O–H groups in total. The molecule has 3 rings (SSSR count). The molecule has 7 nitrogen and oxygen atoms in total. The van der Waals surface area contributed by atoms with Crippen LogP contribution in [0.25, 0.3) is 5.57 Å². The molecule has 0 fully saturated rings. The number of hydrogen-bond donors (Lipinski definition) is 3. The number of nitrogens with one attached hydrogen (secondary N) is 2. The maximum Gasteiger partial charge on any atom is 0.291 e. The molecule has 7 heteroatoms. The monoisotopic (exact) mass is 424 g/mol. The topological polar surface area (TPSA) is 111 Å². The largest absolute Gasteiger partial charge is 0.400 e. The number of nitriles is 1. The minimum absolute atomic E-state index is 0.135. The number of benzene rings is 1. The van der Waals surface area contributed by atoms with Crippen molar-refractivity contribution in [3.05, 3.63) is 53.1 Å². The Balaban J connectivity index is 0.00000166. The van der Waals surface area contributed by atoms with Crippen molar-refractivity contribution in [2.45, 2.75) is 46.0 Å². The number of anilines is 1. The zero-order valence-electron chi connectivity index (χ0n) is 18.8. The van der Waals surface area contributed by atoms with Crippen LogP contribution in [0.1, 0.15) is 67.0 Å². The van der Waals surface area contributed by atoms with Crippen molar-refractivity contribution >= 4 is 17.2 Å². The lowest BCUT2D eigenvalue weighted by Crippen LogP contribution is -2.17. The average Bonchev–Trinajstić information content (AvgIpc) is 3.26. The SMILES string of the molecule is CO.COCCCc1ccc(NC(=O)c2ncc(C#N)[nH]2)c(C2=CCC(C)(C)CC2)c1. The van der Waals surface area contributed by atoms with Crippen LogP contribution in [0.2, 0.25) is 0 Å². The summed E-state index contributed by atoms with van der Waals surface area (Å²) in [5.41, 5.74) is 4.91. The molecule has 0 bridgehead atoms. The highest BCUT2D eigenvalue weighted by Crippen LogP contribution is 2.40. The van der Waals surface area contributed by atoms with Gasteiger partial charge in [0.05, 0.1) is 6.20 Å². The molecule has 166 valence electrons. The van der Waals surface area contributed by atoms with E-state index < -0.39 is 0 Å². The fourth-order valence-corrected chi connectivity index (χ4v) is 3.54. The van der Waals surface area contributed by atoms with Crippen LogP contribution in [0.3, 0.4) is 0 Å². The number of aromatic nitrogens is 2. The van der Waals surface area contributed by atoms with Gasteiger partial charge in [-0.25, -0.2) is 4.98 Å². The molecular formula is C24H32N4O3. The molecule has 2 aromatic rings. The molecule has 0 saturated heterocycles. The van der Waals surface area contributed by atoms with Crippen LogP contribution in [0.4, 0.5) is 5.69 Å². The summed E-state index contributed by atoms with van der Waals surface area (Å²) in [6.07, 6.45) is 8.66. The van der Waals surface area contributed by atoms with Crippen LogP contribution in [-0.2, 0) is 11.2 Å². The lowest BCUT2D eigenvalue weighted by molar-refractivity contribution is 0.101. The van der Waals surface area contributed by atoms with Crippen LogP contribution >= 0.6 is 0 Å². The lowest BCUT2D eigenvalue weighted by atomic mass is 9.76. The van der Waals surface area contributed by atoms with Gasteiger partial charge < -0.3 is 20.1 Å². The summed E-state index contributed by atoms with van der Waals surface area (Å²) < 4.78 is 5.17. The van der Waals surface area contributed by atoms with Crippen LogP contribution in [0.5, 0.6) is 0 Å². The molecule has 1 aromatic heterocycles. The van der Waals surface area contributed by atoms with Crippen molar-refractivity contribution in [3.63, 3.8) is 0 Å². The molecule has 0 spiro atoms. The van der Waals surface area contributed by atoms with Crippen molar-refractivity contribution in [2.24, 2.45) is 5.41 Å². The van der Waals surface area contributed by atoms with Crippen molar-refractivity contribution < 1.29 is 14.6 Å². The summed E-state index contributed by atoms with van der Waals surface area (Å²) in [6, 6.07) is 8.14. The zero-order chi connectivity index (χ0) is 22.9. The third-order valence-corrected chi connectivity index (χ3v) is 5.38. The first kappa shape index (κ1) is 24.3. The molecule has 0 atom stereocenters. The van der Waals surface area contributed by atoms with Gasteiger partial charge >= 0.3 is 0 Å². The Kier molecular flexibility index (Phi) is 8.98. The van der Waals surface area contributed by atoms with Gasteiger partial charge in [0, 0.05) is 32.1 Å². The number of hydrogen-bond acceptors (Lipinski definition) is 5. The van der Waals surface area contributed by atoms with E-state index >= 15 is 0 Å². The number of aliphatic hydroxyl groups is 1. The van der Waals surface area contributed by atoms with Gasteiger partial charge in [-0.15, -0.1) is 0 Å². The fraction of sp³-hybridized carbons (Fsp3) is 0.458. The molecule has 31 heavy (non-hydrogen) atoms. The van der Waals surface area contributed by atoms with E-state index in [-0.39, 0.29) is 17.4 Å². The standard InChI is InChI=1S/C23H28N4O2.CH4O/c1-23(2)10-8-17(9-11-23)19-13-16(5-4-12-29-3)6-7-20(19)27-22(28)21-25-15-18(14-24)26-21;1-2/h6-8,13,15H,4-5,9-12H2,1-3H3,(H,25,26)(H,27,28);2H,1H3. The van der Waals surface area contributed by atoms with Gasteiger partial charge in [-0.3, -0.25) is 4.79 Å². The summed E-state index contributed by atoms with van der Waals surface area (Å²) in [4.78, 5) is 19.3. The Morgan fingerprint density at radius 3 is 2.77 bits per heavy atom. The second kappa shape index (κ2) is 11.4. The number of H-pyrrole nitrogens is 1. The van der Waals surface area contributed by atoms with E-state index in [0.717, 1.165) is 57.1 Å². The number of aromatic amines is 1. The van der Waals surface area contributed by atoms with Crippen molar-refractivity contribution in [1.82, 2.24) is 9.97 Å². The summed E-state index contributed by atoms with van der Waals surface area (Å²) in [5, 5.41) is 18.9. The minimum atomic E-state index is -0.350. The number of carbonyl (C=O) groups is 1. The summed E-state index contributed by atoms with van der Waals surface area (Å²) in [6.45, 7) is 5.30. The number of allylic oxidation sites excluding steroid dienone is 2. The number of aliphatic hydroxyl groups excluding tert-OH is 1. The first-order valence-electron chi connectivity index (χ1n) is 10.4. The Bertz CT molecular complexity index is 954. The van der Waals surface area contributed by atoms with Crippen LogP contribution in [0.15, 0.2) is 30.5 Å². The normalized spacial score (nSPS) is 14.6. The van der Waals surface area contributed by atoms with Gasteiger partial charge in [0.15, 0.2) is 5.82 Å². The summed E-state index contributed by atoms with van der Waals surface area (Å²) in [5.74, 6) is -0.216. The van der Waals surface area contributed by atoms with E-state index in [1.165, 1.54) is 17.3 Å². The molecule has 1 aliphatic rings. The first-order valence-corrected chi connectivity index (χ1v) is 10.4. The number of amides is 1. The number of imidazole rings is 1. The molecule has 0 saturated carbocycles. The van der Waals surface area contributed by atoms with Crippen LogP contribution < -0.4 is 5.32 Å². The zero-order valence-corrected chi connectivity index (χ0v) is 18.8. The van der Waals surface area contributed by atoms with Gasteiger partial charge in [0.2, 0.25) is 0 Å². The molecule has 0 aliphatic heterocycles. The number of nitrogens with zero attached hydrogens (tertiary/aromatic N) is 2. The number of rotatable bonds is 7. The van der Waals surface area contributed by atoms with Crippen LogP contribution in [0, 0.1) is 16.7 Å². The Labute approximate surface area is 184 Å². The molecular weight excluding hydrogens is 392 g/mol. The summed E-state index contributed by atoms with van der Waals surface area (Å²) in [7, 11) is 2.71. The first-order chi connectivity index (χ1) is 14.9. The summed E-state index contributed by atoms with van der Waals surface area (Å²) >= 11 is 0. The van der Waals surface area contributed by atoms with E-state index in [2.05, 4.69) is 41.3 Å². The fourth-order valence-electron chi connectivity index (χ4n) is 3.54. The Morgan fingerprint density at radius 2 is 2.16 bits per heavy atom. The lowest BCUT2D eigenvalue weighted by Gasteiger charge is -2.29. The van der Waals surface area contributed by atoms with Crippen molar-refractivity contribution in [3.8, 4) is 6.07 Å². The van der Waals surface area contributed by atoms with E-state index in [0.29, 0.717) is 5.41 Å². The third-order valence-electron chi connectivity index (χ3n) is 5.38. The predicted octanol–water partition coefficient (Wildman–Crippen LogP) is 4.31. The number of aryl methyl sites for hydroxylation is 1. The Morgan fingerprint density at radius 1 is 1.39 bits per heavy atom. The van der Waals surface area contributed by atoms with Gasteiger partial charge in [-0.2, -0.15) is 5.26 Å². The number of carbonyl (C=O) groups excluding carboxylic acids is 1. The van der Waals surface area contributed by atoms with E-state index in [9.17, 15) is 4.79 Å². The van der Waals surface area contributed by atoms with Crippen molar-refractivity contribution in [2.75, 3.05) is 26.1 Å². The molecule has 0 radical (unpaired) electrons. The van der Waals surface area contributed by atoms with Gasteiger partial charge in [-0.1, -0.05) is 26.0 Å². The molecule has 0 unspecified atom stereocenters. The van der Waals surface area contributed by atoms with Gasteiger partial charge in [0.1, 0.15) is 11.8 Å².